The van der Waals surface area contributed by atoms with Crippen molar-refractivity contribution in [2.24, 2.45) is 7.05 Å². The van der Waals surface area contributed by atoms with Gasteiger partial charge in [-0.2, -0.15) is 0 Å². The van der Waals surface area contributed by atoms with Crippen LogP contribution in [0.1, 0.15) is 24.1 Å². The topological polar surface area (TPSA) is 29.9 Å². The molecule has 0 aliphatic heterocycles. The van der Waals surface area contributed by atoms with Gasteiger partial charge in [0.2, 0.25) is 0 Å². The molecule has 0 aliphatic rings. The van der Waals surface area contributed by atoms with E-state index in [0.29, 0.717) is 0 Å². The molecule has 1 aromatic heterocycles. The molecule has 0 amide bonds. The van der Waals surface area contributed by atoms with Gasteiger partial charge >= 0.3 is 0 Å². The first-order valence-electron chi connectivity index (χ1n) is 4.36. The maximum absolute atomic E-state index is 4.45. The van der Waals surface area contributed by atoms with Crippen molar-refractivity contribution in [2.45, 2.75) is 27.3 Å². The van der Waals surface area contributed by atoms with Crippen LogP contribution in [0.3, 0.4) is 0 Å². The number of rotatable bonds is 3. The van der Waals surface area contributed by atoms with E-state index in [-0.39, 0.29) is 0 Å². The lowest BCUT2D eigenvalue weighted by molar-refractivity contribution is 0.656. The first-order chi connectivity index (χ1) is 5.66. The number of aryl methyl sites for hydroxylation is 1. The van der Waals surface area contributed by atoms with Crippen molar-refractivity contribution >= 4 is 0 Å². The van der Waals surface area contributed by atoms with E-state index in [2.05, 4.69) is 35.8 Å². The number of aromatic nitrogens is 2. The third-order valence-electron chi connectivity index (χ3n) is 2.24. The summed E-state index contributed by atoms with van der Waals surface area (Å²) in [4.78, 5) is 4.45. The minimum Gasteiger partial charge on any atom is -0.334 e. The van der Waals surface area contributed by atoms with Crippen LogP contribution in [0.4, 0.5) is 0 Å². The Morgan fingerprint density at radius 2 is 2.08 bits per heavy atom. The van der Waals surface area contributed by atoms with Gasteiger partial charge in [0, 0.05) is 12.7 Å². The van der Waals surface area contributed by atoms with Crippen LogP contribution in [0.25, 0.3) is 0 Å². The summed E-state index contributed by atoms with van der Waals surface area (Å²) in [6, 6.07) is 0. The van der Waals surface area contributed by atoms with Crippen LogP contribution in [-0.4, -0.2) is 16.1 Å². The molecule has 3 heteroatoms. The second-order valence-electron chi connectivity index (χ2n) is 3.04. The monoisotopic (exact) mass is 167 g/mol. The molecule has 0 spiro atoms. The lowest BCUT2D eigenvalue weighted by Gasteiger charge is -2.02. The van der Waals surface area contributed by atoms with Crippen molar-refractivity contribution in [1.29, 1.82) is 0 Å². The Bertz CT molecular complexity index is 263. The van der Waals surface area contributed by atoms with E-state index in [9.17, 15) is 0 Å². The normalized spacial score (nSPS) is 10.7. The van der Waals surface area contributed by atoms with Crippen molar-refractivity contribution in [2.75, 3.05) is 6.54 Å². The minimum atomic E-state index is 0.863. The standard InChI is InChI=1S/C9H17N3/c1-5-10-6-9-11-7(2)8(3)12(9)4/h10H,5-6H2,1-4H3. The summed E-state index contributed by atoms with van der Waals surface area (Å²) < 4.78 is 2.14. The summed E-state index contributed by atoms with van der Waals surface area (Å²) in [5.74, 6) is 1.12. The maximum atomic E-state index is 4.45. The number of hydrogen-bond donors (Lipinski definition) is 1. The van der Waals surface area contributed by atoms with E-state index in [1.54, 1.807) is 0 Å². The Hall–Kier alpha value is -0.830. The van der Waals surface area contributed by atoms with E-state index in [0.717, 1.165) is 24.6 Å². The molecule has 0 saturated heterocycles. The van der Waals surface area contributed by atoms with E-state index in [4.69, 9.17) is 0 Å². The van der Waals surface area contributed by atoms with Crippen LogP contribution in [0.2, 0.25) is 0 Å². The van der Waals surface area contributed by atoms with E-state index in [1.807, 2.05) is 6.92 Å². The first-order valence-corrected chi connectivity index (χ1v) is 4.36. The molecule has 12 heavy (non-hydrogen) atoms. The fourth-order valence-corrected chi connectivity index (χ4v) is 1.18. The van der Waals surface area contributed by atoms with Gasteiger partial charge in [-0.1, -0.05) is 6.92 Å². The summed E-state index contributed by atoms with van der Waals surface area (Å²) in [6.45, 7) is 8.10. The third kappa shape index (κ3) is 1.67. The second-order valence-corrected chi connectivity index (χ2v) is 3.04. The number of hydrogen-bond acceptors (Lipinski definition) is 2. The Morgan fingerprint density at radius 3 is 2.50 bits per heavy atom. The summed E-state index contributed by atoms with van der Waals surface area (Å²) in [5, 5.41) is 3.26. The Morgan fingerprint density at radius 1 is 1.42 bits per heavy atom. The van der Waals surface area contributed by atoms with Crippen LogP contribution in [0.15, 0.2) is 0 Å². The molecule has 0 saturated carbocycles. The molecule has 0 aromatic carbocycles. The number of nitrogens with one attached hydrogen (secondary N) is 1. The highest BCUT2D eigenvalue weighted by molar-refractivity contribution is 5.13. The molecule has 0 radical (unpaired) electrons. The molecule has 0 fully saturated rings. The van der Waals surface area contributed by atoms with Gasteiger partial charge in [-0.25, -0.2) is 4.98 Å². The molecule has 0 atom stereocenters. The van der Waals surface area contributed by atoms with E-state index in [1.165, 1.54) is 5.69 Å². The Labute approximate surface area is 73.8 Å². The summed E-state index contributed by atoms with van der Waals surface area (Å²) in [7, 11) is 2.06. The molecule has 1 N–H and O–H groups in total. The van der Waals surface area contributed by atoms with Gasteiger partial charge in [0.15, 0.2) is 0 Å². The third-order valence-corrected chi connectivity index (χ3v) is 2.24. The Balaban J connectivity index is 2.79. The molecular weight excluding hydrogens is 150 g/mol. The van der Waals surface area contributed by atoms with Crippen LogP contribution in [0.5, 0.6) is 0 Å². The molecule has 1 heterocycles. The van der Waals surface area contributed by atoms with Crippen LogP contribution in [-0.2, 0) is 13.6 Å². The first kappa shape index (κ1) is 9.26. The predicted molar refractivity (Wildman–Crippen MR) is 50.1 cm³/mol. The van der Waals surface area contributed by atoms with Crippen LogP contribution in [0, 0.1) is 13.8 Å². The Kier molecular flexibility index (Phi) is 2.87. The van der Waals surface area contributed by atoms with Crippen molar-refractivity contribution in [3.63, 3.8) is 0 Å². The highest BCUT2D eigenvalue weighted by Crippen LogP contribution is 2.06. The summed E-state index contributed by atoms with van der Waals surface area (Å²) >= 11 is 0. The molecule has 0 unspecified atom stereocenters. The summed E-state index contributed by atoms with van der Waals surface area (Å²) in [6.07, 6.45) is 0. The average molecular weight is 167 g/mol. The van der Waals surface area contributed by atoms with Gasteiger partial charge in [0.05, 0.1) is 12.2 Å². The zero-order chi connectivity index (χ0) is 9.14. The van der Waals surface area contributed by atoms with Gasteiger partial charge in [0.1, 0.15) is 5.82 Å². The van der Waals surface area contributed by atoms with Crippen molar-refractivity contribution < 1.29 is 0 Å². The van der Waals surface area contributed by atoms with E-state index >= 15 is 0 Å². The second kappa shape index (κ2) is 3.72. The smallest absolute Gasteiger partial charge is 0.122 e. The van der Waals surface area contributed by atoms with Crippen molar-refractivity contribution in [3.8, 4) is 0 Å². The van der Waals surface area contributed by atoms with Gasteiger partial charge in [-0.05, 0) is 20.4 Å². The molecule has 68 valence electrons. The number of imidazole rings is 1. The highest BCUT2D eigenvalue weighted by Gasteiger charge is 2.05. The minimum absolute atomic E-state index is 0.863. The maximum Gasteiger partial charge on any atom is 0.122 e. The average Bonchev–Trinajstić information content (AvgIpc) is 2.30. The lowest BCUT2D eigenvalue weighted by atomic mass is 10.4. The van der Waals surface area contributed by atoms with E-state index < -0.39 is 0 Å². The van der Waals surface area contributed by atoms with Gasteiger partial charge in [-0.15, -0.1) is 0 Å². The molecule has 1 aromatic rings. The van der Waals surface area contributed by atoms with Gasteiger partial charge < -0.3 is 9.88 Å². The largest absolute Gasteiger partial charge is 0.334 e. The zero-order valence-corrected chi connectivity index (χ0v) is 8.31. The quantitative estimate of drug-likeness (QED) is 0.731. The SMILES string of the molecule is CCNCc1nc(C)c(C)n1C. The predicted octanol–water partition coefficient (Wildman–Crippen LogP) is 1.15. The molecule has 0 aliphatic carbocycles. The zero-order valence-electron chi connectivity index (χ0n) is 8.31. The van der Waals surface area contributed by atoms with Gasteiger partial charge in [-0.3, -0.25) is 0 Å². The molecule has 0 bridgehead atoms. The van der Waals surface area contributed by atoms with Crippen LogP contribution < -0.4 is 5.32 Å². The van der Waals surface area contributed by atoms with Crippen molar-refractivity contribution in [3.05, 3.63) is 17.2 Å². The summed E-state index contributed by atoms with van der Waals surface area (Å²) in [5.41, 5.74) is 2.38. The lowest BCUT2D eigenvalue weighted by Crippen LogP contribution is -2.15. The molecule has 1 rings (SSSR count). The molecule has 3 nitrogen and oxygen atoms in total. The molecular formula is C9H17N3. The van der Waals surface area contributed by atoms with Crippen molar-refractivity contribution in [1.82, 2.24) is 14.9 Å². The van der Waals surface area contributed by atoms with Crippen LogP contribution >= 0.6 is 0 Å². The van der Waals surface area contributed by atoms with Gasteiger partial charge in [0.25, 0.3) is 0 Å². The fourth-order valence-electron chi connectivity index (χ4n) is 1.18. The fraction of sp³-hybridized carbons (Fsp3) is 0.667. The number of nitrogens with zero attached hydrogens (tertiary/aromatic N) is 2. The highest BCUT2D eigenvalue weighted by atomic mass is 15.1.